The third-order valence-corrected chi connectivity index (χ3v) is 4.71. The predicted octanol–water partition coefficient (Wildman–Crippen LogP) is 3.09. The minimum atomic E-state index is -1.39. The van der Waals surface area contributed by atoms with Crippen LogP contribution in [0.5, 0.6) is 0 Å². The van der Waals surface area contributed by atoms with E-state index < -0.39 is 17.4 Å². The Morgan fingerprint density at radius 3 is 2.22 bits per heavy atom. The molecule has 0 saturated carbocycles. The molecular weight excluding hydrogens is 292 g/mol. The molecule has 0 heterocycles. The van der Waals surface area contributed by atoms with Gasteiger partial charge in [-0.15, -0.1) is 0 Å². The highest BCUT2D eigenvalue weighted by atomic mass is 16.3. The van der Waals surface area contributed by atoms with Gasteiger partial charge in [0.1, 0.15) is 11.5 Å². The Labute approximate surface area is 136 Å². The summed E-state index contributed by atoms with van der Waals surface area (Å²) in [6, 6.07) is 7.64. The molecule has 4 heteroatoms. The molecule has 0 fully saturated rings. The smallest absolute Gasteiger partial charge is 0.159 e. The van der Waals surface area contributed by atoms with Gasteiger partial charge in [0.05, 0.1) is 11.5 Å². The lowest BCUT2D eigenvalue weighted by molar-refractivity contribution is -0.132. The fourth-order valence-corrected chi connectivity index (χ4v) is 3.66. The van der Waals surface area contributed by atoms with Gasteiger partial charge in [-0.25, -0.2) is 0 Å². The highest BCUT2D eigenvalue weighted by Crippen LogP contribution is 2.46. The van der Waals surface area contributed by atoms with Gasteiger partial charge in [-0.3, -0.25) is 9.59 Å². The van der Waals surface area contributed by atoms with Gasteiger partial charge in [0.2, 0.25) is 0 Å². The topological polar surface area (TPSA) is 74.6 Å². The van der Waals surface area contributed by atoms with Gasteiger partial charge in [-0.2, -0.15) is 0 Å². The first-order valence-corrected chi connectivity index (χ1v) is 7.93. The number of aryl methyl sites for hydroxylation is 1. The van der Waals surface area contributed by atoms with Gasteiger partial charge >= 0.3 is 0 Å². The first kappa shape index (κ1) is 17.4. The Bertz CT molecular complexity index is 652. The maximum absolute atomic E-state index is 12.2. The van der Waals surface area contributed by atoms with E-state index in [1.54, 1.807) is 6.92 Å². The molecule has 0 spiro atoms. The van der Waals surface area contributed by atoms with Gasteiger partial charge in [0, 0.05) is 17.9 Å². The van der Waals surface area contributed by atoms with Crippen molar-refractivity contribution in [3.05, 3.63) is 46.7 Å². The Hall–Kier alpha value is -1.94. The zero-order chi connectivity index (χ0) is 17.4. The summed E-state index contributed by atoms with van der Waals surface area (Å²) in [5, 5.41) is 21.0. The van der Waals surface area contributed by atoms with Gasteiger partial charge in [0.25, 0.3) is 0 Å². The quantitative estimate of drug-likeness (QED) is 0.895. The number of Topliss-reactive ketones (excluding diaryl/α,β-unsaturated/α-hetero) is 2. The zero-order valence-electron chi connectivity index (χ0n) is 14.1. The van der Waals surface area contributed by atoms with Gasteiger partial charge in [-0.05, 0) is 38.3 Å². The number of benzene rings is 1. The Morgan fingerprint density at radius 1 is 1.22 bits per heavy atom. The average Bonchev–Trinajstić information content (AvgIpc) is 2.44. The SMILES string of the molecule is CCc1ccc(C2C(C(C)=O)=C(O)CC(C)(O)C2C(C)=O)cc1. The van der Waals surface area contributed by atoms with E-state index >= 15 is 0 Å². The molecule has 0 radical (unpaired) electrons. The highest BCUT2D eigenvalue weighted by Gasteiger charge is 2.49. The molecule has 0 amide bonds. The largest absolute Gasteiger partial charge is 0.512 e. The average molecular weight is 316 g/mol. The number of hydrogen-bond acceptors (Lipinski definition) is 4. The lowest BCUT2D eigenvalue weighted by Gasteiger charge is -2.42. The van der Waals surface area contributed by atoms with Crippen LogP contribution in [0.4, 0.5) is 0 Å². The summed E-state index contributed by atoms with van der Waals surface area (Å²) in [4.78, 5) is 24.3. The second-order valence-electron chi connectivity index (χ2n) is 6.61. The summed E-state index contributed by atoms with van der Waals surface area (Å²) in [7, 11) is 0. The molecule has 3 atom stereocenters. The second-order valence-corrected chi connectivity index (χ2v) is 6.61. The minimum absolute atomic E-state index is 0.0876. The van der Waals surface area contributed by atoms with Crippen LogP contribution < -0.4 is 0 Å². The van der Waals surface area contributed by atoms with Crippen LogP contribution in [0.25, 0.3) is 0 Å². The number of ketones is 2. The normalized spacial score (nSPS) is 27.9. The molecule has 124 valence electrons. The van der Waals surface area contributed by atoms with Crippen molar-refractivity contribution in [1.82, 2.24) is 0 Å². The Morgan fingerprint density at radius 2 is 1.78 bits per heavy atom. The molecule has 23 heavy (non-hydrogen) atoms. The number of rotatable bonds is 4. The molecule has 1 aliphatic rings. The van der Waals surface area contributed by atoms with E-state index in [2.05, 4.69) is 0 Å². The number of aliphatic hydroxyl groups is 2. The molecular formula is C19H24O4. The van der Waals surface area contributed by atoms with Crippen molar-refractivity contribution in [2.45, 2.75) is 52.1 Å². The number of carbonyl (C=O) groups excluding carboxylic acids is 2. The zero-order valence-corrected chi connectivity index (χ0v) is 14.1. The highest BCUT2D eigenvalue weighted by molar-refractivity contribution is 5.97. The van der Waals surface area contributed by atoms with E-state index in [0.717, 1.165) is 17.5 Å². The number of hydrogen-bond donors (Lipinski definition) is 2. The number of allylic oxidation sites excluding steroid dienone is 1. The minimum Gasteiger partial charge on any atom is -0.512 e. The molecule has 4 nitrogen and oxygen atoms in total. The van der Waals surface area contributed by atoms with Crippen LogP contribution in [0, 0.1) is 5.92 Å². The van der Waals surface area contributed by atoms with Crippen LogP contribution in [-0.2, 0) is 16.0 Å². The molecule has 0 aliphatic heterocycles. The summed E-state index contributed by atoms with van der Waals surface area (Å²) in [6.07, 6.45) is 0.801. The summed E-state index contributed by atoms with van der Waals surface area (Å²) in [5.74, 6) is -1.96. The number of carbonyl (C=O) groups is 2. The first-order valence-electron chi connectivity index (χ1n) is 7.93. The van der Waals surface area contributed by atoms with Gasteiger partial charge in [0.15, 0.2) is 5.78 Å². The molecule has 1 aromatic rings. The molecule has 2 rings (SSSR count). The number of aliphatic hydroxyl groups excluding tert-OH is 1. The maximum atomic E-state index is 12.2. The van der Waals surface area contributed by atoms with Crippen molar-refractivity contribution >= 4 is 11.6 Å². The van der Waals surface area contributed by atoms with Crippen LogP contribution in [0.15, 0.2) is 35.6 Å². The first-order chi connectivity index (χ1) is 10.7. The summed E-state index contributed by atoms with van der Waals surface area (Å²) >= 11 is 0. The second kappa shape index (κ2) is 6.28. The fourth-order valence-electron chi connectivity index (χ4n) is 3.66. The monoisotopic (exact) mass is 316 g/mol. The fraction of sp³-hybridized carbons (Fsp3) is 0.474. The van der Waals surface area contributed by atoms with Crippen LogP contribution in [0.3, 0.4) is 0 Å². The van der Waals surface area contributed by atoms with E-state index in [-0.39, 0.29) is 29.3 Å². The van der Waals surface area contributed by atoms with Crippen LogP contribution in [-0.4, -0.2) is 27.4 Å². The van der Waals surface area contributed by atoms with Crippen molar-refractivity contribution in [3.8, 4) is 0 Å². The van der Waals surface area contributed by atoms with Gasteiger partial charge < -0.3 is 10.2 Å². The van der Waals surface area contributed by atoms with Crippen molar-refractivity contribution in [2.75, 3.05) is 0 Å². The lowest BCUT2D eigenvalue weighted by atomic mass is 9.64. The molecule has 0 saturated heterocycles. The van der Waals surface area contributed by atoms with Crippen molar-refractivity contribution < 1.29 is 19.8 Å². The third-order valence-electron chi connectivity index (χ3n) is 4.71. The third kappa shape index (κ3) is 3.22. The molecule has 2 N–H and O–H groups in total. The predicted molar refractivity (Wildman–Crippen MR) is 88.3 cm³/mol. The summed E-state index contributed by atoms with van der Waals surface area (Å²) < 4.78 is 0. The summed E-state index contributed by atoms with van der Waals surface area (Å²) in [5.41, 5.74) is 0.761. The van der Waals surface area contributed by atoms with Crippen LogP contribution >= 0.6 is 0 Å². The van der Waals surface area contributed by atoms with E-state index in [1.165, 1.54) is 13.8 Å². The molecule has 0 bridgehead atoms. The van der Waals surface area contributed by atoms with E-state index in [1.807, 2.05) is 31.2 Å². The van der Waals surface area contributed by atoms with E-state index in [9.17, 15) is 19.8 Å². The van der Waals surface area contributed by atoms with Crippen LogP contribution in [0.2, 0.25) is 0 Å². The van der Waals surface area contributed by atoms with E-state index in [4.69, 9.17) is 0 Å². The van der Waals surface area contributed by atoms with Crippen molar-refractivity contribution in [2.24, 2.45) is 5.92 Å². The maximum Gasteiger partial charge on any atom is 0.159 e. The summed E-state index contributed by atoms with van der Waals surface area (Å²) in [6.45, 7) is 6.40. The Balaban J connectivity index is 2.65. The Kier molecular flexibility index (Phi) is 4.76. The van der Waals surface area contributed by atoms with Crippen LogP contribution in [0.1, 0.15) is 51.2 Å². The van der Waals surface area contributed by atoms with Crippen molar-refractivity contribution in [1.29, 1.82) is 0 Å². The van der Waals surface area contributed by atoms with Gasteiger partial charge in [-0.1, -0.05) is 31.2 Å². The lowest BCUT2D eigenvalue weighted by Crippen LogP contribution is -2.47. The van der Waals surface area contributed by atoms with Crippen molar-refractivity contribution in [3.63, 3.8) is 0 Å². The molecule has 3 unspecified atom stereocenters. The molecule has 1 aromatic carbocycles. The molecule has 1 aliphatic carbocycles. The van der Waals surface area contributed by atoms with E-state index in [0.29, 0.717) is 0 Å². The standard InChI is InChI=1S/C19H24O4/c1-5-13-6-8-14(9-7-13)17-16(11(2)20)15(22)10-19(4,23)18(17)12(3)21/h6-9,17-18,22-23H,5,10H2,1-4H3. The molecule has 0 aromatic heterocycles.